The molecule has 0 unspecified atom stereocenters. The smallest absolute Gasteiger partial charge is 0.226 e. The van der Waals surface area contributed by atoms with E-state index in [1.807, 2.05) is 18.2 Å². The number of carbonyl (C=O) groups excluding carboxylic acids is 1. The molecular formula is C20H29ClN4O. The molecule has 1 atom stereocenters. The van der Waals surface area contributed by atoms with Crippen LogP contribution in [-0.2, 0) is 4.79 Å². The van der Waals surface area contributed by atoms with Crippen LogP contribution in [0.25, 0.3) is 0 Å². The molecule has 1 spiro atoms. The van der Waals surface area contributed by atoms with E-state index in [9.17, 15) is 4.79 Å². The van der Waals surface area contributed by atoms with Crippen LogP contribution in [0, 0.1) is 5.41 Å². The number of piperazine rings is 1. The monoisotopic (exact) mass is 376 g/mol. The van der Waals surface area contributed by atoms with E-state index in [0.29, 0.717) is 11.9 Å². The highest BCUT2D eigenvalue weighted by atomic mass is 35.5. The molecule has 3 heterocycles. The van der Waals surface area contributed by atoms with E-state index < -0.39 is 0 Å². The average molecular weight is 377 g/mol. The summed E-state index contributed by atoms with van der Waals surface area (Å²) in [6.45, 7) is 7.24. The number of hydrogen-bond donors (Lipinski definition) is 2. The maximum atomic E-state index is 12.5. The SMILES string of the molecule is O=C1N[C@H](CCN2CCN(c3cccc(Cl)c3)CC2)CC12CCNCC2. The Balaban J connectivity index is 1.24. The molecule has 3 aliphatic rings. The first-order valence-corrected chi connectivity index (χ1v) is 10.3. The fraction of sp³-hybridized carbons (Fsp3) is 0.650. The van der Waals surface area contributed by atoms with Crippen LogP contribution in [-0.4, -0.2) is 62.7 Å². The first kappa shape index (κ1) is 18.1. The molecule has 3 aliphatic heterocycles. The highest BCUT2D eigenvalue weighted by Gasteiger charge is 2.46. The molecule has 4 rings (SSSR count). The highest BCUT2D eigenvalue weighted by Crippen LogP contribution is 2.39. The number of amides is 1. The van der Waals surface area contributed by atoms with Gasteiger partial charge in [0.05, 0.1) is 5.41 Å². The molecule has 26 heavy (non-hydrogen) atoms. The molecule has 0 aliphatic carbocycles. The van der Waals surface area contributed by atoms with E-state index in [4.69, 9.17) is 11.6 Å². The van der Waals surface area contributed by atoms with Gasteiger partial charge in [0.25, 0.3) is 0 Å². The molecule has 3 saturated heterocycles. The van der Waals surface area contributed by atoms with Crippen molar-refractivity contribution in [2.45, 2.75) is 31.7 Å². The molecular weight excluding hydrogens is 348 g/mol. The van der Waals surface area contributed by atoms with E-state index in [0.717, 1.165) is 76.5 Å². The summed E-state index contributed by atoms with van der Waals surface area (Å²) in [4.78, 5) is 17.4. The van der Waals surface area contributed by atoms with Gasteiger partial charge in [0.15, 0.2) is 0 Å². The van der Waals surface area contributed by atoms with Gasteiger partial charge in [0.2, 0.25) is 5.91 Å². The van der Waals surface area contributed by atoms with Crippen molar-refractivity contribution in [3.8, 4) is 0 Å². The Labute approximate surface area is 161 Å². The van der Waals surface area contributed by atoms with Gasteiger partial charge < -0.3 is 15.5 Å². The van der Waals surface area contributed by atoms with Gasteiger partial charge in [-0.05, 0) is 57.0 Å². The van der Waals surface area contributed by atoms with Crippen LogP contribution in [0.2, 0.25) is 5.02 Å². The minimum Gasteiger partial charge on any atom is -0.369 e. The van der Waals surface area contributed by atoms with Crippen LogP contribution < -0.4 is 15.5 Å². The third-order valence-corrected chi connectivity index (χ3v) is 6.59. The number of benzene rings is 1. The minimum atomic E-state index is -0.0822. The van der Waals surface area contributed by atoms with E-state index in [1.165, 1.54) is 5.69 Å². The molecule has 5 nitrogen and oxygen atoms in total. The Bertz CT molecular complexity index is 638. The second kappa shape index (κ2) is 7.75. The van der Waals surface area contributed by atoms with Gasteiger partial charge in [0.1, 0.15) is 0 Å². The molecule has 0 aromatic heterocycles. The van der Waals surface area contributed by atoms with Crippen LogP contribution in [0.1, 0.15) is 25.7 Å². The minimum absolute atomic E-state index is 0.0822. The molecule has 1 aromatic rings. The summed E-state index contributed by atoms with van der Waals surface area (Å²) >= 11 is 6.11. The van der Waals surface area contributed by atoms with Crippen LogP contribution >= 0.6 is 11.6 Å². The van der Waals surface area contributed by atoms with Crippen molar-refractivity contribution in [1.29, 1.82) is 0 Å². The lowest BCUT2D eigenvalue weighted by Gasteiger charge is -2.36. The number of halogens is 1. The predicted molar refractivity (Wildman–Crippen MR) is 106 cm³/mol. The normalized spacial score (nSPS) is 26.3. The quantitative estimate of drug-likeness (QED) is 0.845. The molecule has 2 N–H and O–H groups in total. The molecule has 0 radical (unpaired) electrons. The van der Waals surface area contributed by atoms with Gasteiger partial charge in [-0.2, -0.15) is 0 Å². The number of anilines is 1. The number of piperidine rings is 1. The fourth-order valence-corrected chi connectivity index (χ4v) is 4.89. The second-order valence-corrected chi connectivity index (χ2v) is 8.44. The zero-order valence-corrected chi connectivity index (χ0v) is 16.1. The topological polar surface area (TPSA) is 47.6 Å². The third kappa shape index (κ3) is 3.85. The van der Waals surface area contributed by atoms with Crippen molar-refractivity contribution in [3.63, 3.8) is 0 Å². The van der Waals surface area contributed by atoms with E-state index >= 15 is 0 Å². The van der Waals surface area contributed by atoms with Crippen LogP contribution in [0.3, 0.4) is 0 Å². The van der Waals surface area contributed by atoms with Gasteiger partial charge in [-0.3, -0.25) is 9.69 Å². The standard InChI is InChI=1S/C20H29ClN4O/c21-16-2-1-3-18(14-16)25-12-10-24(11-13-25)9-4-17-15-20(19(26)23-17)5-7-22-8-6-20/h1-3,14,17,22H,4-13,15H2,(H,23,26)/t17-/m1/s1. The second-order valence-electron chi connectivity index (χ2n) is 8.00. The van der Waals surface area contributed by atoms with E-state index in [-0.39, 0.29) is 5.41 Å². The van der Waals surface area contributed by atoms with Gasteiger partial charge in [-0.15, -0.1) is 0 Å². The van der Waals surface area contributed by atoms with Crippen molar-refractivity contribution >= 4 is 23.2 Å². The molecule has 1 amide bonds. The number of rotatable bonds is 4. The number of carbonyl (C=O) groups is 1. The first-order chi connectivity index (χ1) is 12.6. The third-order valence-electron chi connectivity index (χ3n) is 6.35. The summed E-state index contributed by atoms with van der Waals surface area (Å²) in [7, 11) is 0. The molecule has 1 aromatic carbocycles. The maximum absolute atomic E-state index is 12.5. The summed E-state index contributed by atoms with van der Waals surface area (Å²) in [6.07, 6.45) is 4.08. The summed E-state index contributed by atoms with van der Waals surface area (Å²) in [5.41, 5.74) is 1.13. The Morgan fingerprint density at radius 2 is 1.92 bits per heavy atom. The van der Waals surface area contributed by atoms with Gasteiger partial charge >= 0.3 is 0 Å². The largest absolute Gasteiger partial charge is 0.369 e. The number of nitrogens with one attached hydrogen (secondary N) is 2. The van der Waals surface area contributed by atoms with Crippen LogP contribution in [0.4, 0.5) is 5.69 Å². The summed E-state index contributed by atoms with van der Waals surface area (Å²) in [5, 5.41) is 7.45. The Hall–Kier alpha value is -1.30. The number of hydrogen-bond acceptors (Lipinski definition) is 4. The maximum Gasteiger partial charge on any atom is 0.226 e. The Morgan fingerprint density at radius 1 is 1.15 bits per heavy atom. The molecule has 142 valence electrons. The molecule has 6 heteroatoms. The molecule has 0 saturated carbocycles. The Morgan fingerprint density at radius 3 is 2.65 bits per heavy atom. The average Bonchev–Trinajstić information content (AvgIpc) is 2.96. The van der Waals surface area contributed by atoms with Crippen molar-refractivity contribution in [2.24, 2.45) is 5.41 Å². The lowest BCUT2D eigenvalue weighted by Crippen LogP contribution is -2.47. The van der Waals surface area contributed by atoms with Crippen molar-refractivity contribution in [1.82, 2.24) is 15.5 Å². The lowest BCUT2D eigenvalue weighted by atomic mass is 9.76. The van der Waals surface area contributed by atoms with Crippen LogP contribution in [0.5, 0.6) is 0 Å². The van der Waals surface area contributed by atoms with Gasteiger partial charge in [0, 0.05) is 49.5 Å². The summed E-state index contributed by atoms with van der Waals surface area (Å²) in [6, 6.07) is 8.47. The van der Waals surface area contributed by atoms with Crippen molar-refractivity contribution in [2.75, 3.05) is 50.7 Å². The van der Waals surface area contributed by atoms with E-state index in [1.54, 1.807) is 0 Å². The molecule has 3 fully saturated rings. The molecule has 0 bridgehead atoms. The highest BCUT2D eigenvalue weighted by molar-refractivity contribution is 6.30. The predicted octanol–water partition coefficient (Wildman–Crippen LogP) is 2.11. The van der Waals surface area contributed by atoms with Gasteiger partial charge in [-0.1, -0.05) is 17.7 Å². The van der Waals surface area contributed by atoms with Gasteiger partial charge in [-0.25, -0.2) is 0 Å². The first-order valence-electron chi connectivity index (χ1n) is 9.89. The zero-order valence-electron chi connectivity index (χ0n) is 15.3. The lowest BCUT2D eigenvalue weighted by molar-refractivity contribution is -0.128. The summed E-state index contributed by atoms with van der Waals surface area (Å²) < 4.78 is 0. The Kier molecular flexibility index (Phi) is 5.39. The van der Waals surface area contributed by atoms with Crippen molar-refractivity contribution in [3.05, 3.63) is 29.3 Å². The zero-order chi connectivity index (χ0) is 18.0. The summed E-state index contributed by atoms with van der Waals surface area (Å²) in [5.74, 6) is 0.301. The van der Waals surface area contributed by atoms with E-state index in [2.05, 4.69) is 26.5 Å². The number of nitrogens with zero attached hydrogens (tertiary/aromatic N) is 2. The van der Waals surface area contributed by atoms with Crippen LogP contribution in [0.15, 0.2) is 24.3 Å². The fourth-order valence-electron chi connectivity index (χ4n) is 4.71. The van der Waals surface area contributed by atoms with Crippen molar-refractivity contribution < 1.29 is 4.79 Å².